The topological polar surface area (TPSA) is 30.7 Å². The lowest BCUT2D eigenvalue weighted by Gasteiger charge is -2.19. The Kier molecular flexibility index (Phi) is 8.17. The first-order valence-electron chi connectivity index (χ1n) is 20.8. The SMILES string of the molecule is c1ccc(-c2cc(-c3ccccc3)c3c4ccccc4n(-c4cc5c6ccccc6c6ccccc6c5cc4-c4cc(-c5ccccc5)nc(-c5ccccc5)n4)c3c2)cc1. The van der Waals surface area contributed by atoms with Crippen LogP contribution in [0, 0.1) is 0 Å². The molecule has 2 aromatic heterocycles. The molecule has 10 aromatic carbocycles. The number of para-hydroxylation sites is 1. The number of benzene rings is 10. The van der Waals surface area contributed by atoms with Crippen LogP contribution in [0.5, 0.6) is 0 Å². The molecule has 2 heterocycles. The third kappa shape index (κ3) is 5.82. The van der Waals surface area contributed by atoms with Gasteiger partial charge < -0.3 is 4.57 Å². The number of nitrogens with zero attached hydrogens (tertiary/aromatic N) is 3. The Morgan fingerprint density at radius 3 is 1.38 bits per heavy atom. The Balaban J connectivity index is 1.27. The van der Waals surface area contributed by atoms with Gasteiger partial charge in [-0.05, 0) is 91.0 Å². The summed E-state index contributed by atoms with van der Waals surface area (Å²) in [5, 5.41) is 9.70. The summed E-state index contributed by atoms with van der Waals surface area (Å²) in [4.78, 5) is 10.7. The minimum Gasteiger partial charge on any atom is -0.308 e. The zero-order valence-electron chi connectivity index (χ0n) is 33.2. The van der Waals surface area contributed by atoms with Crippen molar-refractivity contribution >= 4 is 54.1 Å². The highest BCUT2D eigenvalue weighted by molar-refractivity contribution is 6.27. The molecule has 0 amide bonds. The Hall–Kier alpha value is -8.14. The standard InChI is InChI=1S/C58H37N3/c1-5-19-38(20-6-1)42-33-48(39-21-7-2-8-22-39)57-47-31-17-18-32-54(47)61(56(57)34-42)55-36-50-46-30-16-14-28-44(46)43-27-13-15-29-45(43)49(50)35-51(55)53-37-52(40-23-9-3-10-24-40)59-58(60-53)41-25-11-4-12-26-41/h1-37H. The number of aromatic nitrogens is 3. The van der Waals surface area contributed by atoms with Crippen molar-refractivity contribution in [1.82, 2.24) is 14.5 Å². The summed E-state index contributed by atoms with van der Waals surface area (Å²) in [7, 11) is 0. The van der Waals surface area contributed by atoms with Gasteiger partial charge >= 0.3 is 0 Å². The molecule has 0 saturated carbocycles. The summed E-state index contributed by atoms with van der Waals surface area (Å²) < 4.78 is 2.49. The molecule has 0 atom stereocenters. The van der Waals surface area contributed by atoms with E-state index in [2.05, 4.69) is 223 Å². The molecule has 0 aliphatic heterocycles. The van der Waals surface area contributed by atoms with Crippen molar-refractivity contribution in [3.63, 3.8) is 0 Å². The van der Waals surface area contributed by atoms with Gasteiger partial charge in [-0.15, -0.1) is 0 Å². The summed E-state index contributed by atoms with van der Waals surface area (Å²) in [6.07, 6.45) is 0. The van der Waals surface area contributed by atoms with Gasteiger partial charge in [0.05, 0.1) is 28.1 Å². The second-order valence-electron chi connectivity index (χ2n) is 15.7. The molecular formula is C58H37N3. The van der Waals surface area contributed by atoms with Gasteiger partial charge in [-0.25, -0.2) is 9.97 Å². The van der Waals surface area contributed by atoms with Crippen LogP contribution in [0.15, 0.2) is 224 Å². The fourth-order valence-corrected chi connectivity index (χ4v) is 9.39. The van der Waals surface area contributed by atoms with Crippen LogP contribution in [0.1, 0.15) is 0 Å². The van der Waals surface area contributed by atoms with Gasteiger partial charge in [0.15, 0.2) is 5.82 Å². The number of fused-ring (bicyclic) bond motifs is 9. The van der Waals surface area contributed by atoms with Crippen molar-refractivity contribution in [3.8, 4) is 61.8 Å². The molecule has 0 fully saturated rings. The molecule has 0 radical (unpaired) electrons. The Morgan fingerprint density at radius 2 is 0.754 bits per heavy atom. The van der Waals surface area contributed by atoms with Crippen molar-refractivity contribution in [1.29, 1.82) is 0 Å². The van der Waals surface area contributed by atoms with Crippen molar-refractivity contribution in [2.24, 2.45) is 0 Å². The van der Waals surface area contributed by atoms with Gasteiger partial charge in [0.25, 0.3) is 0 Å². The predicted molar refractivity (Wildman–Crippen MR) is 256 cm³/mol. The van der Waals surface area contributed by atoms with E-state index in [1.165, 1.54) is 59.8 Å². The molecular weight excluding hydrogens is 739 g/mol. The maximum absolute atomic E-state index is 5.49. The molecule has 0 spiro atoms. The fraction of sp³-hybridized carbons (Fsp3) is 0. The zero-order valence-corrected chi connectivity index (χ0v) is 33.2. The highest BCUT2D eigenvalue weighted by Gasteiger charge is 2.23. The molecule has 3 heteroatoms. The lowest BCUT2D eigenvalue weighted by Crippen LogP contribution is -2.02. The smallest absolute Gasteiger partial charge is 0.160 e. The second-order valence-corrected chi connectivity index (χ2v) is 15.7. The van der Waals surface area contributed by atoms with Crippen molar-refractivity contribution in [3.05, 3.63) is 224 Å². The lowest BCUT2D eigenvalue weighted by atomic mass is 9.91. The van der Waals surface area contributed by atoms with Gasteiger partial charge in [0.2, 0.25) is 0 Å². The second kappa shape index (κ2) is 14.3. The number of rotatable bonds is 6. The average molecular weight is 776 g/mol. The lowest BCUT2D eigenvalue weighted by molar-refractivity contribution is 1.15. The van der Waals surface area contributed by atoms with Crippen molar-refractivity contribution < 1.29 is 0 Å². The maximum atomic E-state index is 5.49. The summed E-state index contributed by atoms with van der Waals surface area (Å²) in [5.41, 5.74) is 12.8. The molecule has 0 saturated heterocycles. The van der Waals surface area contributed by atoms with Crippen LogP contribution in [-0.4, -0.2) is 14.5 Å². The van der Waals surface area contributed by atoms with Gasteiger partial charge in [0, 0.05) is 27.5 Å². The van der Waals surface area contributed by atoms with E-state index in [9.17, 15) is 0 Å². The summed E-state index contributed by atoms with van der Waals surface area (Å²) in [5.74, 6) is 0.686. The van der Waals surface area contributed by atoms with Crippen LogP contribution in [0.2, 0.25) is 0 Å². The van der Waals surface area contributed by atoms with Crippen molar-refractivity contribution in [2.75, 3.05) is 0 Å². The van der Waals surface area contributed by atoms with E-state index < -0.39 is 0 Å². The highest BCUT2D eigenvalue weighted by atomic mass is 15.0. The normalized spacial score (nSPS) is 11.6. The quantitative estimate of drug-likeness (QED) is 0.158. The monoisotopic (exact) mass is 775 g/mol. The largest absolute Gasteiger partial charge is 0.308 e. The van der Waals surface area contributed by atoms with E-state index in [4.69, 9.17) is 9.97 Å². The van der Waals surface area contributed by atoms with Crippen LogP contribution in [0.25, 0.3) is 116 Å². The first kappa shape index (κ1) is 34.9. The van der Waals surface area contributed by atoms with E-state index in [-0.39, 0.29) is 0 Å². The van der Waals surface area contributed by atoms with E-state index >= 15 is 0 Å². The average Bonchev–Trinajstić information content (AvgIpc) is 3.68. The van der Waals surface area contributed by atoms with E-state index in [0.717, 1.165) is 50.4 Å². The minimum absolute atomic E-state index is 0.686. The first-order chi connectivity index (χ1) is 30.3. The molecule has 0 bridgehead atoms. The number of hydrogen-bond acceptors (Lipinski definition) is 2. The Bertz CT molecular complexity index is 3550. The maximum Gasteiger partial charge on any atom is 0.160 e. The molecule has 0 N–H and O–H groups in total. The van der Waals surface area contributed by atoms with E-state index in [0.29, 0.717) is 5.82 Å². The summed E-state index contributed by atoms with van der Waals surface area (Å²) in [6.45, 7) is 0. The van der Waals surface area contributed by atoms with Crippen LogP contribution >= 0.6 is 0 Å². The highest BCUT2D eigenvalue weighted by Crippen LogP contribution is 2.46. The molecule has 3 nitrogen and oxygen atoms in total. The van der Waals surface area contributed by atoms with Gasteiger partial charge in [0.1, 0.15) is 0 Å². The Morgan fingerprint density at radius 1 is 0.279 bits per heavy atom. The number of hydrogen-bond donors (Lipinski definition) is 0. The molecule has 0 aliphatic carbocycles. The summed E-state index contributed by atoms with van der Waals surface area (Å²) >= 11 is 0. The van der Waals surface area contributed by atoms with Crippen LogP contribution < -0.4 is 0 Å². The van der Waals surface area contributed by atoms with E-state index in [1.807, 2.05) is 6.07 Å². The van der Waals surface area contributed by atoms with Crippen molar-refractivity contribution in [2.45, 2.75) is 0 Å². The van der Waals surface area contributed by atoms with Crippen LogP contribution in [0.4, 0.5) is 0 Å². The fourth-order valence-electron chi connectivity index (χ4n) is 9.39. The third-order valence-electron chi connectivity index (χ3n) is 12.2. The van der Waals surface area contributed by atoms with Crippen LogP contribution in [0.3, 0.4) is 0 Å². The molecule has 12 rings (SSSR count). The van der Waals surface area contributed by atoms with Gasteiger partial charge in [-0.2, -0.15) is 0 Å². The van der Waals surface area contributed by atoms with Crippen LogP contribution in [-0.2, 0) is 0 Å². The molecule has 61 heavy (non-hydrogen) atoms. The molecule has 284 valence electrons. The summed E-state index contributed by atoms with van der Waals surface area (Å²) in [6, 6.07) is 80.6. The van der Waals surface area contributed by atoms with Gasteiger partial charge in [-0.1, -0.05) is 188 Å². The predicted octanol–water partition coefficient (Wildman–Crippen LogP) is 15.4. The van der Waals surface area contributed by atoms with Gasteiger partial charge in [-0.3, -0.25) is 0 Å². The zero-order chi connectivity index (χ0) is 40.3. The molecule has 0 unspecified atom stereocenters. The van der Waals surface area contributed by atoms with E-state index in [1.54, 1.807) is 0 Å². The molecule has 12 aromatic rings. The molecule has 0 aliphatic rings. The third-order valence-corrected chi connectivity index (χ3v) is 12.2. The minimum atomic E-state index is 0.686. The Labute approximate surface area is 353 Å². The first-order valence-corrected chi connectivity index (χ1v) is 20.8.